The van der Waals surface area contributed by atoms with Crippen LogP contribution >= 0.6 is 0 Å². The van der Waals surface area contributed by atoms with Gasteiger partial charge in [-0.15, -0.1) is 0 Å². The van der Waals surface area contributed by atoms with Crippen LogP contribution in [0.4, 0.5) is 0 Å². The highest BCUT2D eigenvalue weighted by molar-refractivity contribution is 5.92. The van der Waals surface area contributed by atoms with E-state index in [1.165, 1.54) is 0 Å². The minimum atomic E-state index is -1.28. The van der Waals surface area contributed by atoms with E-state index in [0.717, 1.165) is 10.9 Å². The minimum Gasteiger partial charge on any atom is -0.495 e. The monoisotopic (exact) mass is 249 g/mol. The number of methoxy groups -OCH3 is 1. The lowest BCUT2D eigenvalue weighted by molar-refractivity contribution is -0.153. The van der Waals surface area contributed by atoms with Crippen LogP contribution in [0.15, 0.2) is 24.4 Å². The van der Waals surface area contributed by atoms with Crippen LogP contribution in [0.1, 0.15) is 18.6 Å². The van der Waals surface area contributed by atoms with Crippen molar-refractivity contribution < 1.29 is 19.4 Å². The number of nitrogens with one attached hydrogen (secondary N) is 1. The predicted molar refractivity (Wildman–Crippen MR) is 66.4 cm³/mol. The maximum Gasteiger partial charge on any atom is 0.339 e. The van der Waals surface area contributed by atoms with E-state index in [9.17, 15) is 9.90 Å². The van der Waals surface area contributed by atoms with Crippen molar-refractivity contribution in [1.82, 2.24) is 4.98 Å². The van der Waals surface area contributed by atoms with Gasteiger partial charge < -0.3 is 19.6 Å². The number of carbonyl (C=O) groups is 1. The molecule has 0 radical (unpaired) electrons. The number of aromatic amines is 1. The number of H-pyrrole nitrogens is 1. The Kier molecular flexibility index (Phi) is 3.53. The number of aliphatic hydroxyl groups is 1. The fourth-order valence-corrected chi connectivity index (χ4v) is 1.91. The summed E-state index contributed by atoms with van der Waals surface area (Å²) in [5.41, 5.74) is 1.25. The molecule has 2 aromatic rings. The van der Waals surface area contributed by atoms with Crippen LogP contribution in [0.3, 0.4) is 0 Å². The first-order valence-corrected chi connectivity index (χ1v) is 5.67. The second-order valence-electron chi connectivity index (χ2n) is 3.78. The predicted octanol–water partition coefficient (Wildman–Crippen LogP) is 1.77. The van der Waals surface area contributed by atoms with Crippen LogP contribution < -0.4 is 4.74 Å². The van der Waals surface area contributed by atoms with Crippen molar-refractivity contribution in [1.29, 1.82) is 0 Å². The van der Waals surface area contributed by atoms with Gasteiger partial charge in [0.25, 0.3) is 0 Å². The number of benzene rings is 1. The van der Waals surface area contributed by atoms with Gasteiger partial charge in [-0.3, -0.25) is 0 Å². The highest BCUT2D eigenvalue weighted by Gasteiger charge is 2.22. The van der Waals surface area contributed by atoms with E-state index in [4.69, 9.17) is 9.47 Å². The highest BCUT2D eigenvalue weighted by atomic mass is 16.5. The second kappa shape index (κ2) is 5.10. The molecule has 2 N–H and O–H groups in total. The van der Waals surface area contributed by atoms with Crippen molar-refractivity contribution in [3.63, 3.8) is 0 Å². The number of aromatic nitrogens is 1. The molecule has 1 aromatic carbocycles. The quantitative estimate of drug-likeness (QED) is 0.810. The molecule has 2 rings (SSSR count). The smallest absolute Gasteiger partial charge is 0.339 e. The number of esters is 1. The zero-order valence-electron chi connectivity index (χ0n) is 10.3. The molecule has 0 aliphatic rings. The fraction of sp³-hybridized carbons (Fsp3) is 0.308. The molecule has 18 heavy (non-hydrogen) atoms. The van der Waals surface area contributed by atoms with Gasteiger partial charge in [-0.1, -0.05) is 6.07 Å². The Balaban J connectivity index is 2.46. The summed E-state index contributed by atoms with van der Waals surface area (Å²) in [7, 11) is 1.57. The largest absolute Gasteiger partial charge is 0.495 e. The molecule has 0 aliphatic carbocycles. The van der Waals surface area contributed by atoms with Crippen molar-refractivity contribution in [3.8, 4) is 5.75 Å². The van der Waals surface area contributed by atoms with Crippen molar-refractivity contribution >= 4 is 16.9 Å². The van der Waals surface area contributed by atoms with Crippen molar-refractivity contribution in [2.45, 2.75) is 13.0 Å². The Labute approximate surface area is 104 Å². The third-order valence-corrected chi connectivity index (χ3v) is 2.74. The Morgan fingerprint density at radius 1 is 1.44 bits per heavy atom. The lowest BCUT2D eigenvalue weighted by atomic mass is 10.0. The molecule has 5 nitrogen and oxygen atoms in total. The maximum absolute atomic E-state index is 11.5. The summed E-state index contributed by atoms with van der Waals surface area (Å²) in [6.07, 6.45) is 0.448. The lowest BCUT2D eigenvalue weighted by Gasteiger charge is -2.12. The average Bonchev–Trinajstić information content (AvgIpc) is 2.86. The molecule has 0 saturated heterocycles. The van der Waals surface area contributed by atoms with Gasteiger partial charge in [0.2, 0.25) is 0 Å². The SMILES string of the molecule is CCOC(=O)C(O)c1ccc(OC)c2[nH]ccc12. The molecule has 0 aliphatic heterocycles. The normalized spacial score (nSPS) is 12.4. The van der Waals surface area contributed by atoms with Crippen LogP contribution in [0.25, 0.3) is 10.9 Å². The fourth-order valence-electron chi connectivity index (χ4n) is 1.91. The zero-order chi connectivity index (χ0) is 13.1. The van der Waals surface area contributed by atoms with Crippen molar-refractivity contribution in [2.75, 3.05) is 13.7 Å². The van der Waals surface area contributed by atoms with Crippen LogP contribution in [0.5, 0.6) is 5.75 Å². The number of carbonyl (C=O) groups excluding carboxylic acids is 1. The van der Waals surface area contributed by atoms with E-state index in [1.54, 1.807) is 38.4 Å². The first-order chi connectivity index (χ1) is 8.69. The molecule has 1 atom stereocenters. The molecule has 1 heterocycles. The van der Waals surface area contributed by atoms with Gasteiger partial charge >= 0.3 is 5.97 Å². The van der Waals surface area contributed by atoms with Gasteiger partial charge in [0.1, 0.15) is 5.75 Å². The van der Waals surface area contributed by atoms with Gasteiger partial charge in [-0.2, -0.15) is 0 Å². The zero-order valence-corrected chi connectivity index (χ0v) is 10.3. The number of hydrogen-bond donors (Lipinski definition) is 2. The average molecular weight is 249 g/mol. The Morgan fingerprint density at radius 2 is 2.22 bits per heavy atom. The molecular formula is C13H15NO4. The first-order valence-electron chi connectivity index (χ1n) is 5.67. The third-order valence-electron chi connectivity index (χ3n) is 2.74. The van der Waals surface area contributed by atoms with E-state index in [1.807, 2.05) is 0 Å². The number of aliphatic hydroxyl groups excluding tert-OH is 1. The molecular weight excluding hydrogens is 234 g/mol. The molecule has 0 saturated carbocycles. The van der Waals surface area contributed by atoms with Gasteiger partial charge in [-0.05, 0) is 19.1 Å². The van der Waals surface area contributed by atoms with Crippen molar-refractivity contribution in [3.05, 3.63) is 30.0 Å². The summed E-state index contributed by atoms with van der Waals surface area (Å²) < 4.78 is 10.0. The third kappa shape index (κ3) is 2.04. The van der Waals surface area contributed by atoms with Gasteiger partial charge in [-0.25, -0.2) is 4.79 Å². The van der Waals surface area contributed by atoms with Crippen LogP contribution in [-0.2, 0) is 9.53 Å². The number of fused-ring (bicyclic) bond motifs is 1. The minimum absolute atomic E-state index is 0.238. The Morgan fingerprint density at radius 3 is 2.89 bits per heavy atom. The molecule has 0 spiro atoms. The van der Waals surface area contributed by atoms with E-state index in [-0.39, 0.29) is 6.61 Å². The first kappa shape index (κ1) is 12.4. The van der Waals surface area contributed by atoms with Crippen LogP contribution in [0.2, 0.25) is 0 Å². The summed E-state index contributed by atoms with van der Waals surface area (Å²) >= 11 is 0. The highest BCUT2D eigenvalue weighted by Crippen LogP contribution is 2.31. The lowest BCUT2D eigenvalue weighted by Crippen LogP contribution is -2.15. The summed E-state index contributed by atoms with van der Waals surface area (Å²) in [5, 5.41) is 10.7. The van der Waals surface area contributed by atoms with E-state index >= 15 is 0 Å². The number of rotatable bonds is 4. The van der Waals surface area contributed by atoms with Gasteiger partial charge in [0.05, 0.1) is 19.2 Å². The number of hydrogen-bond acceptors (Lipinski definition) is 4. The Hall–Kier alpha value is -2.01. The van der Waals surface area contributed by atoms with E-state index in [2.05, 4.69) is 4.98 Å². The van der Waals surface area contributed by atoms with E-state index in [0.29, 0.717) is 11.3 Å². The van der Waals surface area contributed by atoms with Gasteiger partial charge in [0, 0.05) is 17.1 Å². The van der Waals surface area contributed by atoms with Gasteiger partial charge in [0.15, 0.2) is 6.10 Å². The molecule has 1 aromatic heterocycles. The summed E-state index contributed by atoms with van der Waals surface area (Å²) in [4.78, 5) is 14.6. The molecule has 0 fully saturated rings. The van der Waals surface area contributed by atoms with Crippen molar-refractivity contribution in [2.24, 2.45) is 0 Å². The van der Waals surface area contributed by atoms with Crippen LogP contribution in [0, 0.1) is 0 Å². The molecule has 0 amide bonds. The summed E-state index contributed by atoms with van der Waals surface area (Å²) in [5.74, 6) is 0.0139. The number of ether oxygens (including phenoxy) is 2. The molecule has 5 heteroatoms. The standard InChI is InChI=1S/C13H15NO4/c1-3-18-13(16)12(15)9-4-5-10(17-2)11-8(9)6-7-14-11/h4-7,12,14-15H,3H2,1-2H3. The molecule has 1 unspecified atom stereocenters. The summed E-state index contributed by atoms with van der Waals surface area (Å²) in [6, 6.07) is 5.16. The topological polar surface area (TPSA) is 71.6 Å². The Bertz CT molecular complexity index is 561. The maximum atomic E-state index is 11.5. The van der Waals surface area contributed by atoms with E-state index < -0.39 is 12.1 Å². The second-order valence-corrected chi connectivity index (χ2v) is 3.78. The van der Waals surface area contributed by atoms with Crippen LogP contribution in [-0.4, -0.2) is 29.8 Å². The molecule has 96 valence electrons. The molecule has 0 bridgehead atoms. The summed E-state index contributed by atoms with van der Waals surface area (Å²) in [6.45, 7) is 1.94.